The third-order valence-electron chi connectivity index (χ3n) is 6.32. The molecule has 1 aromatic heterocycles. The highest BCUT2D eigenvalue weighted by molar-refractivity contribution is 6.07. The van der Waals surface area contributed by atoms with Crippen LogP contribution >= 0.6 is 0 Å². The highest BCUT2D eigenvalue weighted by Crippen LogP contribution is 2.42. The zero-order chi connectivity index (χ0) is 30.8. The average Bonchev–Trinajstić information content (AvgIpc) is 3.22. The molecule has 1 fully saturated rings. The molecule has 3 heterocycles. The van der Waals surface area contributed by atoms with E-state index in [0.29, 0.717) is 16.0 Å². The van der Waals surface area contributed by atoms with E-state index in [-0.39, 0.29) is 23.7 Å². The Kier molecular flexibility index (Phi) is 8.44. The standard InChI is InChI=1S/C26H26F2N4O10/c1-12(2)23(36)39-11-40-25(38)31-19-9-14(6-7-29-19)8-16-20(22(34)35)32(21(16)33)24(37)30-13(3)15-4-5-17-18(10-15)42-26(27,28)41-17/h4-7,9-10,12-13,16,20H,8,11H2,1-3H3,(H,30,37)(H,34,35)(H,29,31,38)/t13-,16-,20+/m1/s1. The van der Waals surface area contributed by atoms with E-state index in [1.807, 2.05) is 0 Å². The van der Waals surface area contributed by atoms with Gasteiger partial charge in [0.15, 0.2) is 17.5 Å². The number of imide groups is 1. The number of pyridine rings is 1. The van der Waals surface area contributed by atoms with E-state index in [0.717, 1.165) is 0 Å². The molecule has 4 rings (SSSR count). The third kappa shape index (κ3) is 6.64. The number of ether oxygens (including phenoxy) is 4. The second-order valence-corrected chi connectivity index (χ2v) is 9.69. The van der Waals surface area contributed by atoms with Gasteiger partial charge in [-0.15, -0.1) is 8.78 Å². The number of carbonyl (C=O) groups excluding carboxylic acids is 4. The molecule has 16 heteroatoms. The normalized spacial score (nSPS) is 19.0. The van der Waals surface area contributed by atoms with Gasteiger partial charge in [-0.2, -0.15) is 0 Å². The SMILES string of the molecule is CC(C)C(=O)OCOC(=O)Nc1cc(C[C@H]2C(=O)N(C(=O)N[C@H](C)c3ccc4c(c3)OC(F)(F)O4)[C@@H]2C(=O)O)ccn1. The largest absolute Gasteiger partial charge is 0.586 e. The van der Waals surface area contributed by atoms with Crippen LogP contribution in [0.4, 0.5) is 24.2 Å². The average molecular weight is 593 g/mol. The number of likely N-dealkylation sites (tertiary alicyclic amines) is 1. The van der Waals surface area contributed by atoms with Gasteiger partial charge in [0.25, 0.3) is 0 Å². The van der Waals surface area contributed by atoms with Crippen LogP contribution < -0.4 is 20.1 Å². The Labute approximate surface area is 236 Å². The Hall–Kier alpha value is -5.02. The van der Waals surface area contributed by atoms with Gasteiger partial charge in [0.2, 0.25) is 12.7 Å². The molecule has 0 aliphatic carbocycles. The van der Waals surface area contributed by atoms with Crippen LogP contribution in [0.5, 0.6) is 11.5 Å². The lowest BCUT2D eigenvalue weighted by atomic mass is 9.82. The predicted octanol–water partition coefficient (Wildman–Crippen LogP) is 3.03. The zero-order valence-corrected chi connectivity index (χ0v) is 22.5. The number of β-lactam (4-membered cyclic amide) rings is 1. The molecule has 42 heavy (non-hydrogen) atoms. The zero-order valence-electron chi connectivity index (χ0n) is 22.5. The van der Waals surface area contributed by atoms with E-state index in [1.54, 1.807) is 13.8 Å². The van der Waals surface area contributed by atoms with Crippen molar-refractivity contribution in [2.75, 3.05) is 12.1 Å². The number of esters is 1. The number of hydrogen-bond acceptors (Lipinski definition) is 10. The van der Waals surface area contributed by atoms with Crippen LogP contribution in [0, 0.1) is 11.8 Å². The van der Waals surface area contributed by atoms with Crippen molar-refractivity contribution < 1.29 is 56.8 Å². The summed E-state index contributed by atoms with van der Waals surface area (Å²) in [5, 5.41) is 14.6. The van der Waals surface area contributed by atoms with Crippen LogP contribution in [0.15, 0.2) is 36.5 Å². The number of benzene rings is 1. The van der Waals surface area contributed by atoms with Crippen molar-refractivity contribution in [3.63, 3.8) is 0 Å². The molecule has 0 saturated carbocycles. The van der Waals surface area contributed by atoms with E-state index < -0.39 is 67.0 Å². The summed E-state index contributed by atoms with van der Waals surface area (Å²) in [5.74, 6) is -4.64. The van der Waals surface area contributed by atoms with Crippen molar-refractivity contribution in [1.82, 2.24) is 15.2 Å². The fourth-order valence-electron chi connectivity index (χ4n) is 4.20. The van der Waals surface area contributed by atoms with Crippen LogP contribution in [0.25, 0.3) is 0 Å². The molecule has 0 unspecified atom stereocenters. The Morgan fingerprint density at radius 1 is 1.10 bits per heavy atom. The number of fused-ring (bicyclic) bond motifs is 1. The number of urea groups is 1. The fraction of sp³-hybridized carbons (Fsp3) is 0.385. The van der Waals surface area contributed by atoms with Gasteiger partial charge in [0.05, 0.1) is 17.9 Å². The monoisotopic (exact) mass is 592 g/mol. The van der Waals surface area contributed by atoms with E-state index in [1.165, 1.54) is 43.5 Å². The van der Waals surface area contributed by atoms with Crippen LogP contribution in [0.3, 0.4) is 0 Å². The molecule has 2 aliphatic heterocycles. The number of anilines is 1. The molecule has 0 radical (unpaired) electrons. The first-order valence-electron chi connectivity index (χ1n) is 12.6. The van der Waals surface area contributed by atoms with Crippen molar-refractivity contribution in [1.29, 1.82) is 0 Å². The number of rotatable bonds is 9. The molecule has 0 spiro atoms. The first-order chi connectivity index (χ1) is 19.8. The van der Waals surface area contributed by atoms with Crippen LogP contribution in [0.1, 0.15) is 37.9 Å². The van der Waals surface area contributed by atoms with Gasteiger partial charge in [-0.05, 0) is 48.7 Å². The number of hydrogen-bond donors (Lipinski definition) is 3. The number of alkyl halides is 2. The lowest BCUT2D eigenvalue weighted by Gasteiger charge is -2.43. The highest BCUT2D eigenvalue weighted by Gasteiger charge is 2.55. The summed E-state index contributed by atoms with van der Waals surface area (Å²) >= 11 is 0. The molecular weight excluding hydrogens is 566 g/mol. The number of aliphatic carboxylic acids is 1. The van der Waals surface area contributed by atoms with Crippen LogP contribution in [0.2, 0.25) is 0 Å². The summed E-state index contributed by atoms with van der Waals surface area (Å²) in [6.07, 6.45) is -3.56. The number of carboxylic acids is 1. The summed E-state index contributed by atoms with van der Waals surface area (Å²) in [6, 6.07) is 3.47. The maximum Gasteiger partial charge on any atom is 0.586 e. The Morgan fingerprint density at radius 3 is 2.50 bits per heavy atom. The minimum atomic E-state index is -3.82. The fourth-order valence-corrected chi connectivity index (χ4v) is 4.20. The molecule has 4 amide bonds. The molecular formula is C26H26F2N4O10. The molecule has 0 bridgehead atoms. The van der Waals surface area contributed by atoms with E-state index in [9.17, 15) is 37.9 Å². The first-order valence-corrected chi connectivity index (χ1v) is 12.6. The Morgan fingerprint density at radius 2 is 1.81 bits per heavy atom. The molecule has 3 atom stereocenters. The number of halogens is 2. The summed E-state index contributed by atoms with van der Waals surface area (Å²) in [5.41, 5.74) is 0.773. The number of aromatic nitrogens is 1. The first kappa shape index (κ1) is 30.0. The number of amides is 4. The molecule has 224 valence electrons. The summed E-state index contributed by atoms with van der Waals surface area (Å²) in [6.45, 7) is 4.12. The van der Waals surface area contributed by atoms with Crippen molar-refractivity contribution in [2.45, 2.75) is 45.6 Å². The van der Waals surface area contributed by atoms with E-state index in [2.05, 4.69) is 25.1 Å². The van der Waals surface area contributed by atoms with Gasteiger partial charge >= 0.3 is 30.4 Å². The lowest BCUT2D eigenvalue weighted by molar-refractivity contribution is -0.286. The number of carboxylic acid groups (broad SMARTS) is 1. The molecule has 14 nitrogen and oxygen atoms in total. The summed E-state index contributed by atoms with van der Waals surface area (Å²) < 4.78 is 44.9. The molecule has 1 aromatic carbocycles. The maximum absolute atomic E-state index is 13.3. The van der Waals surface area contributed by atoms with Gasteiger partial charge in [0.1, 0.15) is 5.82 Å². The summed E-state index contributed by atoms with van der Waals surface area (Å²) in [4.78, 5) is 65.7. The predicted molar refractivity (Wildman–Crippen MR) is 135 cm³/mol. The number of carbonyl (C=O) groups is 5. The van der Waals surface area contributed by atoms with Crippen LogP contribution in [-0.2, 0) is 30.3 Å². The van der Waals surface area contributed by atoms with Gasteiger partial charge in [-0.1, -0.05) is 19.9 Å². The quantitative estimate of drug-likeness (QED) is 0.221. The molecule has 2 aliphatic rings. The molecule has 1 saturated heterocycles. The Bertz CT molecular complexity index is 1420. The van der Waals surface area contributed by atoms with Gasteiger partial charge in [-0.25, -0.2) is 24.3 Å². The molecule has 3 N–H and O–H groups in total. The minimum Gasteiger partial charge on any atom is -0.480 e. The van der Waals surface area contributed by atoms with Crippen molar-refractivity contribution in [2.24, 2.45) is 11.8 Å². The van der Waals surface area contributed by atoms with E-state index in [4.69, 9.17) is 9.47 Å². The topological polar surface area (TPSA) is 183 Å². The maximum atomic E-state index is 13.3. The summed E-state index contributed by atoms with van der Waals surface area (Å²) in [7, 11) is 0. The second-order valence-electron chi connectivity index (χ2n) is 9.69. The lowest BCUT2D eigenvalue weighted by Crippen LogP contribution is -2.68. The minimum absolute atomic E-state index is 0.0243. The number of nitrogens with zero attached hydrogens (tertiary/aromatic N) is 2. The van der Waals surface area contributed by atoms with Gasteiger partial charge < -0.3 is 29.4 Å². The van der Waals surface area contributed by atoms with Crippen molar-refractivity contribution >= 4 is 35.8 Å². The van der Waals surface area contributed by atoms with E-state index >= 15 is 0 Å². The van der Waals surface area contributed by atoms with Gasteiger partial charge in [-0.3, -0.25) is 14.9 Å². The third-order valence-corrected chi connectivity index (χ3v) is 6.32. The number of nitrogens with one attached hydrogen (secondary N) is 2. The highest BCUT2D eigenvalue weighted by atomic mass is 19.3. The van der Waals surface area contributed by atoms with Gasteiger partial charge in [0, 0.05) is 6.20 Å². The Balaban J connectivity index is 1.35. The smallest absolute Gasteiger partial charge is 0.480 e. The van der Waals surface area contributed by atoms with Crippen LogP contribution in [-0.4, -0.2) is 64.1 Å². The van der Waals surface area contributed by atoms with Crippen molar-refractivity contribution in [3.05, 3.63) is 47.7 Å². The van der Waals surface area contributed by atoms with Crippen molar-refractivity contribution in [3.8, 4) is 11.5 Å². The second kappa shape index (κ2) is 11.8. The molecule has 2 aromatic rings.